The van der Waals surface area contributed by atoms with Gasteiger partial charge in [-0.05, 0) is 42.3 Å². The number of nitrogens with zero attached hydrogens (tertiary/aromatic N) is 2. The molecule has 178 valence electrons. The predicted molar refractivity (Wildman–Crippen MR) is 132 cm³/mol. The lowest BCUT2D eigenvalue weighted by Gasteiger charge is -2.36. The molecule has 1 aliphatic rings. The van der Waals surface area contributed by atoms with Crippen LogP contribution in [0.4, 0.5) is 10.1 Å². The zero-order valence-electron chi connectivity index (χ0n) is 19.3. The summed E-state index contributed by atoms with van der Waals surface area (Å²) in [5.74, 6) is -0.343. The molecule has 1 heterocycles. The summed E-state index contributed by atoms with van der Waals surface area (Å²) in [6, 6.07) is 24.0. The van der Waals surface area contributed by atoms with E-state index in [0.717, 1.165) is 31.7 Å². The predicted octanol–water partition coefficient (Wildman–Crippen LogP) is 4.20. The highest BCUT2D eigenvalue weighted by Crippen LogP contribution is 2.23. The van der Waals surface area contributed by atoms with Crippen LogP contribution < -0.4 is 9.64 Å². The molecular formula is C28H31FN2O3. The van der Waals surface area contributed by atoms with Crippen LogP contribution in [0.5, 0.6) is 5.75 Å². The summed E-state index contributed by atoms with van der Waals surface area (Å²) in [5, 5.41) is 10.5. The summed E-state index contributed by atoms with van der Waals surface area (Å²) in [4.78, 5) is 17.3. The molecule has 5 nitrogen and oxygen atoms in total. The molecule has 1 N–H and O–H groups in total. The molecule has 1 aliphatic heterocycles. The number of β-amino-alcohol motifs (C(OH)–C–C–N with tert-alkyl or cyclic N) is 1. The fraction of sp³-hybridized carbons (Fsp3) is 0.321. The second-order valence-corrected chi connectivity index (χ2v) is 8.64. The SMILES string of the molecule is O=C(CCc1ccccc1)c1cc(F)ccc1OCC(O)CN1CCN(c2ccccc2)CC1. The number of rotatable bonds is 10. The maximum atomic E-state index is 13.9. The largest absolute Gasteiger partial charge is 0.490 e. The normalized spacial score (nSPS) is 15.2. The number of aliphatic hydroxyl groups excluding tert-OH is 1. The minimum atomic E-state index is -0.708. The Kier molecular flexibility index (Phi) is 8.28. The molecule has 0 spiro atoms. The van der Waals surface area contributed by atoms with Gasteiger partial charge in [0, 0.05) is 44.8 Å². The molecule has 3 aromatic carbocycles. The molecule has 0 saturated carbocycles. The number of aryl methyl sites for hydroxylation is 1. The zero-order valence-corrected chi connectivity index (χ0v) is 19.3. The van der Waals surface area contributed by atoms with Crippen molar-refractivity contribution < 1.29 is 19.0 Å². The van der Waals surface area contributed by atoms with Crippen LogP contribution in [0.15, 0.2) is 78.9 Å². The number of anilines is 1. The van der Waals surface area contributed by atoms with Gasteiger partial charge in [0.25, 0.3) is 0 Å². The van der Waals surface area contributed by atoms with Crippen molar-refractivity contribution in [2.24, 2.45) is 0 Å². The first-order chi connectivity index (χ1) is 16.6. The van der Waals surface area contributed by atoms with E-state index in [2.05, 4.69) is 21.9 Å². The third-order valence-corrected chi connectivity index (χ3v) is 6.12. The van der Waals surface area contributed by atoms with Crippen LogP contribution in [0.25, 0.3) is 0 Å². The van der Waals surface area contributed by atoms with Gasteiger partial charge in [0.05, 0.1) is 5.56 Å². The molecule has 0 amide bonds. The number of carbonyl (C=O) groups excluding carboxylic acids is 1. The fourth-order valence-electron chi connectivity index (χ4n) is 4.25. The second-order valence-electron chi connectivity index (χ2n) is 8.64. The van der Waals surface area contributed by atoms with Crippen LogP contribution in [-0.4, -0.2) is 61.2 Å². The number of hydrogen-bond donors (Lipinski definition) is 1. The third-order valence-electron chi connectivity index (χ3n) is 6.12. The molecule has 0 aliphatic carbocycles. The van der Waals surface area contributed by atoms with Crippen LogP contribution in [0, 0.1) is 5.82 Å². The Morgan fingerprint density at radius 1 is 0.941 bits per heavy atom. The number of Topliss-reactive ketones (excluding diaryl/α,β-unsaturated/α-hetero) is 1. The third kappa shape index (κ3) is 6.65. The molecule has 4 rings (SSSR count). The highest BCUT2D eigenvalue weighted by atomic mass is 19.1. The molecule has 1 fully saturated rings. The smallest absolute Gasteiger partial charge is 0.167 e. The van der Waals surface area contributed by atoms with Gasteiger partial charge in [0.15, 0.2) is 5.78 Å². The van der Waals surface area contributed by atoms with Crippen molar-refractivity contribution in [2.45, 2.75) is 18.9 Å². The first-order valence-corrected chi connectivity index (χ1v) is 11.8. The number of aliphatic hydroxyl groups is 1. The maximum absolute atomic E-state index is 13.9. The van der Waals surface area contributed by atoms with E-state index >= 15 is 0 Å². The van der Waals surface area contributed by atoms with Crippen LogP contribution in [0.1, 0.15) is 22.3 Å². The van der Waals surface area contributed by atoms with Crippen molar-refractivity contribution in [3.8, 4) is 5.75 Å². The van der Waals surface area contributed by atoms with Gasteiger partial charge < -0.3 is 14.7 Å². The number of para-hydroxylation sites is 1. The number of benzene rings is 3. The van der Waals surface area contributed by atoms with Gasteiger partial charge in [-0.2, -0.15) is 0 Å². The minimum Gasteiger partial charge on any atom is -0.490 e. The van der Waals surface area contributed by atoms with Gasteiger partial charge in [0.1, 0.15) is 24.3 Å². The van der Waals surface area contributed by atoms with Crippen molar-refractivity contribution in [3.63, 3.8) is 0 Å². The van der Waals surface area contributed by atoms with E-state index in [1.54, 1.807) is 0 Å². The highest BCUT2D eigenvalue weighted by Gasteiger charge is 2.21. The Labute approximate surface area is 200 Å². The van der Waals surface area contributed by atoms with Gasteiger partial charge in [-0.15, -0.1) is 0 Å². The summed E-state index contributed by atoms with van der Waals surface area (Å²) in [6.07, 6.45) is 0.131. The lowest BCUT2D eigenvalue weighted by molar-refractivity contribution is 0.0655. The molecular weight excluding hydrogens is 431 g/mol. The molecule has 1 unspecified atom stereocenters. The van der Waals surface area contributed by atoms with Gasteiger partial charge in [-0.1, -0.05) is 48.5 Å². The summed E-state index contributed by atoms with van der Waals surface area (Å²) < 4.78 is 19.6. The highest BCUT2D eigenvalue weighted by molar-refractivity contribution is 5.98. The monoisotopic (exact) mass is 462 g/mol. The Bertz CT molecular complexity index is 1050. The van der Waals surface area contributed by atoms with Crippen molar-refractivity contribution >= 4 is 11.5 Å². The average molecular weight is 463 g/mol. The van der Waals surface area contributed by atoms with Crippen LogP contribution in [-0.2, 0) is 6.42 Å². The Balaban J connectivity index is 1.27. The molecule has 34 heavy (non-hydrogen) atoms. The summed E-state index contributed by atoms with van der Waals surface area (Å²) in [7, 11) is 0. The topological polar surface area (TPSA) is 53.0 Å². The number of halogens is 1. The van der Waals surface area contributed by atoms with E-state index in [9.17, 15) is 14.3 Å². The van der Waals surface area contributed by atoms with Crippen molar-refractivity contribution in [3.05, 3.63) is 95.8 Å². The number of hydrogen-bond acceptors (Lipinski definition) is 5. The summed E-state index contributed by atoms with van der Waals surface area (Å²) in [6.45, 7) is 4.04. The lowest BCUT2D eigenvalue weighted by atomic mass is 10.0. The summed E-state index contributed by atoms with van der Waals surface area (Å²) >= 11 is 0. The number of carbonyl (C=O) groups is 1. The van der Waals surface area contributed by atoms with E-state index in [4.69, 9.17) is 4.74 Å². The van der Waals surface area contributed by atoms with Crippen LogP contribution >= 0.6 is 0 Å². The molecule has 1 atom stereocenters. The van der Waals surface area contributed by atoms with E-state index in [1.165, 1.54) is 23.9 Å². The first-order valence-electron chi connectivity index (χ1n) is 11.8. The van der Waals surface area contributed by atoms with E-state index in [-0.39, 0.29) is 24.4 Å². The average Bonchev–Trinajstić information content (AvgIpc) is 2.88. The van der Waals surface area contributed by atoms with Gasteiger partial charge in [0.2, 0.25) is 0 Å². The fourth-order valence-corrected chi connectivity index (χ4v) is 4.25. The van der Waals surface area contributed by atoms with Crippen molar-refractivity contribution in [1.29, 1.82) is 0 Å². The van der Waals surface area contributed by atoms with E-state index in [0.29, 0.717) is 18.7 Å². The maximum Gasteiger partial charge on any atom is 0.167 e. The molecule has 0 aromatic heterocycles. The zero-order chi connectivity index (χ0) is 23.8. The standard InChI is InChI=1S/C28H31FN2O3/c29-23-12-14-28(26(19-23)27(33)13-11-22-7-3-1-4-8-22)34-21-25(32)20-30-15-17-31(18-16-30)24-9-5-2-6-10-24/h1-10,12,14,19,25,32H,11,13,15-18,20-21H2. The molecule has 6 heteroatoms. The number of ether oxygens (including phenoxy) is 1. The van der Waals surface area contributed by atoms with Crippen LogP contribution in [0.2, 0.25) is 0 Å². The van der Waals surface area contributed by atoms with Crippen LogP contribution in [0.3, 0.4) is 0 Å². The van der Waals surface area contributed by atoms with Crippen molar-refractivity contribution in [1.82, 2.24) is 4.90 Å². The molecule has 0 radical (unpaired) electrons. The van der Waals surface area contributed by atoms with E-state index in [1.807, 2.05) is 48.5 Å². The molecule has 3 aromatic rings. The van der Waals surface area contributed by atoms with Gasteiger partial charge >= 0.3 is 0 Å². The van der Waals surface area contributed by atoms with Gasteiger partial charge in [-0.3, -0.25) is 9.69 Å². The molecule has 1 saturated heterocycles. The van der Waals surface area contributed by atoms with Gasteiger partial charge in [-0.25, -0.2) is 4.39 Å². The van der Waals surface area contributed by atoms with Crippen molar-refractivity contribution in [2.75, 3.05) is 44.2 Å². The quantitative estimate of drug-likeness (QED) is 0.458. The first kappa shape index (κ1) is 23.9. The number of piperazine rings is 1. The minimum absolute atomic E-state index is 0.0451. The Morgan fingerprint density at radius 3 is 2.32 bits per heavy atom. The lowest BCUT2D eigenvalue weighted by Crippen LogP contribution is -2.49. The Hall–Kier alpha value is -3.22. The summed E-state index contributed by atoms with van der Waals surface area (Å²) in [5.41, 5.74) is 2.49. The van der Waals surface area contributed by atoms with E-state index < -0.39 is 11.9 Å². The Morgan fingerprint density at radius 2 is 1.62 bits per heavy atom. The number of ketones is 1. The molecule has 0 bridgehead atoms. The second kappa shape index (κ2) is 11.8.